The van der Waals surface area contributed by atoms with Gasteiger partial charge in [0.25, 0.3) is 6.47 Å². The number of aromatic nitrogens is 4. The Kier molecular flexibility index (Phi) is 3.46. The molecule has 0 saturated carbocycles. The topological polar surface area (TPSA) is 118 Å². The van der Waals surface area contributed by atoms with Crippen LogP contribution in [0.5, 0.6) is 0 Å². The van der Waals surface area contributed by atoms with E-state index in [4.69, 9.17) is 15.6 Å². The van der Waals surface area contributed by atoms with Crippen LogP contribution in [0.25, 0.3) is 11.2 Å². The van der Waals surface area contributed by atoms with Crippen LogP contribution in [0.3, 0.4) is 0 Å². The number of hydrogen-bond acceptors (Lipinski definition) is 5. The molecule has 10 heteroatoms. The van der Waals surface area contributed by atoms with Crippen LogP contribution < -0.4 is 5.73 Å². The molecule has 0 amide bonds. The molecule has 0 aliphatic heterocycles. The lowest BCUT2D eigenvalue weighted by Crippen LogP contribution is -2.12. The molecule has 0 atom stereocenters. The lowest BCUT2D eigenvalue weighted by atomic mass is 10.4. The minimum Gasteiger partial charge on any atom is -0.483 e. The second-order valence-electron chi connectivity index (χ2n) is 2.64. The number of alkyl halides is 3. The van der Waals surface area contributed by atoms with Gasteiger partial charge in [-0.25, -0.2) is 15.0 Å². The summed E-state index contributed by atoms with van der Waals surface area (Å²) in [5.74, 6) is -1.56. The molecule has 0 radical (unpaired) electrons. The number of fused-ring (bicyclic) bond motifs is 1. The van der Waals surface area contributed by atoms with E-state index in [1.165, 1.54) is 6.33 Å². The summed E-state index contributed by atoms with van der Waals surface area (Å²) >= 11 is 0. The van der Waals surface area contributed by atoms with Gasteiger partial charge in [0.2, 0.25) is 5.82 Å². The summed E-state index contributed by atoms with van der Waals surface area (Å²) in [4.78, 5) is 20.8. The third-order valence-corrected chi connectivity index (χ3v) is 1.56. The van der Waals surface area contributed by atoms with Crippen molar-refractivity contribution in [3.63, 3.8) is 0 Å². The minimum atomic E-state index is -4.60. The molecule has 4 N–H and O–H groups in total. The predicted octanol–water partition coefficient (Wildman–Crippen LogP) is 0.655. The maximum atomic E-state index is 12.2. The average Bonchev–Trinajstić information content (AvgIpc) is 2.65. The summed E-state index contributed by atoms with van der Waals surface area (Å²) in [6.07, 6.45) is -3.40. The maximum absolute atomic E-state index is 12.2. The Morgan fingerprint density at radius 1 is 1.41 bits per heavy atom. The summed E-state index contributed by atoms with van der Waals surface area (Å²) in [6.45, 7) is -0.250. The van der Waals surface area contributed by atoms with Crippen molar-refractivity contribution < 1.29 is 23.1 Å². The van der Waals surface area contributed by atoms with Crippen LogP contribution in [0.1, 0.15) is 5.82 Å². The molecule has 0 fully saturated rings. The Balaban J connectivity index is 0.000000437. The number of nitrogens with two attached hydrogens (primary N) is 1. The number of nitrogens with zero attached hydrogens (tertiary/aromatic N) is 3. The Bertz CT molecular complexity index is 524. The number of nitrogens with one attached hydrogen (secondary N) is 1. The number of carboxylic acid groups (broad SMARTS) is 1. The first-order valence-corrected chi connectivity index (χ1v) is 4.01. The van der Waals surface area contributed by atoms with Gasteiger partial charge >= 0.3 is 6.18 Å². The first-order valence-electron chi connectivity index (χ1n) is 4.01. The van der Waals surface area contributed by atoms with E-state index in [0.717, 1.165) is 0 Å². The van der Waals surface area contributed by atoms with Gasteiger partial charge in [-0.15, -0.1) is 0 Å². The Hall–Kier alpha value is -2.39. The second kappa shape index (κ2) is 4.63. The summed E-state index contributed by atoms with van der Waals surface area (Å²) in [5, 5.41) is 6.89. The number of rotatable bonds is 0. The van der Waals surface area contributed by atoms with E-state index < -0.39 is 12.0 Å². The Labute approximate surface area is 91.5 Å². The third kappa shape index (κ3) is 2.80. The van der Waals surface area contributed by atoms with E-state index in [1.807, 2.05) is 0 Å². The standard InChI is InChI=1S/C6H4F3N5.CH2O2/c7-6(8,9)5-13-3(10)2-4(14-5)12-1-11-2;2-1-3/h1H,(H3,10,11,12,13,14);1H,(H,2,3). The molecular formula is C7H6F3N5O2. The molecule has 0 aromatic carbocycles. The molecule has 2 heterocycles. The highest BCUT2D eigenvalue weighted by Gasteiger charge is 2.35. The van der Waals surface area contributed by atoms with E-state index in [-0.39, 0.29) is 23.5 Å². The minimum absolute atomic E-state index is 0.0233. The monoisotopic (exact) mass is 249 g/mol. The summed E-state index contributed by atoms with van der Waals surface area (Å²) < 4.78 is 36.6. The van der Waals surface area contributed by atoms with Crippen LogP contribution in [0.2, 0.25) is 0 Å². The summed E-state index contributed by atoms with van der Waals surface area (Å²) in [5.41, 5.74) is 5.38. The lowest BCUT2D eigenvalue weighted by molar-refractivity contribution is -0.144. The van der Waals surface area contributed by atoms with Crippen LogP contribution in [-0.4, -0.2) is 31.5 Å². The van der Waals surface area contributed by atoms with Gasteiger partial charge in [0.15, 0.2) is 11.5 Å². The van der Waals surface area contributed by atoms with Gasteiger partial charge in [0.05, 0.1) is 6.33 Å². The molecule has 0 spiro atoms. The molecule has 7 nitrogen and oxygen atoms in total. The summed E-state index contributed by atoms with van der Waals surface area (Å²) in [7, 11) is 0. The van der Waals surface area contributed by atoms with Crippen LogP contribution in [0, 0.1) is 0 Å². The van der Waals surface area contributed by atoms with Crippen molar-refractivity contribution in [1.82, 2.24) is 19.9 Å². The number of imidazole rings is 1. The van der Waals surface area contributed by atoms with Crippen molar-refractivity contribution in [1.29, 1.82) is 0 Å². The van der Waals surface area contributed by atoms with Crippen molar-refractivity contribution in [3.8, 4) is 0 Å². The van der Waals surface area contributed by atoms with Crippen molar-refractivity contribution in [3.05, 3.63) is 12.2 Å². The first kappa shape index (κ1) is 12.7. The van der Waals surface area contributed by atoms with E-state index >= 15 is 0 Å². The number of aromatic amines is 1. The molecule has 0 saturated heterocycles. The van der Waals surface area contributed by atoms with Crippen LogP contribution in [0.15, 0.2) is 6.33 Å². The highest BCUT2D eigenvalue weighted by molar-refractivity contribution is 5.80. The molecule has 2 rings (SSSR count). The number of carbonyl (C=O) groups is 1. The number of halogens is 3. The number of nitrogen functional groups attached to an aromatic ring is 1. The van der Waals surface area contributed by atoms with E-state index in [1.54, 1.807) is 0 Å². The number of H-pyrrole nitrogens is 1. The van der Waals surface area contributed by atoms with E-state index in [2.05, 4.69) is 19.9 Å². The highest BCUT2D eigenvalue weighted by Crippen LogP contribution is 2.28. The fourth-order valence-electron chi connectivity index (χ4n) is 0.985. The fourth-order valence-corrected chi connectivity index (χ4v) is 0.985. The van der Waals surface area contributed by atoms with Crippen molar-refractivity contribution in [2.75, 3.05) is 5.73 Å². The zero-order valence-corrected chi connectivity index (χ0v) is 8.06. The molecule has 0 aliphatic carbocycles. The highest BCUT2D eigenvalue weighted by atomic mass is 19.4. The van der Waals surface area contributed by atoms with Gasteiger partial charge < -0.3 is 15.8 Å². The quantitative estimate of drug-likeness (QED) is 0.590. The van der Waals surface area contributed by atoms with Crippen molar-refractivity contribution in [2.45, 2.75) is 6.18 Å². The van der Waals surface area contributed by atoms with E-state index in [0.29, 0.717) is 0 Å². The Morgan fingerprint density at radius 2 is 2.00 bits per heavy atom. The molecule has 0 bridgehead atoms. The maximum Gasteiger partial charge on any atom is 0.451 e. The van der Waals surface area contributed by atoms with Gasteiger partial charge in [-0.1, -0.05) is 0 Å². The third-order valence-electron chi connectivity index (χ3n) is 1.56. The van der Waals surface area contributed by atoms with Crippen molar-refractivity contribution in [2.24, 2.45) is 0 Å². The smallest absolute Gasteiger partial charge is 0.451 e. The lowest BCUT2D eigenvalue weighted by Gasteiger charge is -2.04. The van der Waals surface area contributed by atoms with Gasteiger partial charge in [0, 0.05) is 0 Å². The van der Waals surface area contributed by atoms with Gasteiger partial charge in [0.1, 0.15) is 5.52 Å². The Morgan fingerprint density at radius 3 is 2.53 bits per heavy atom. The van der Waals surface area contributed by atoms with Crippen LogP contribution in [0.4, 0.5) is 19.0 Å². The molecule has 0 aliphatic rings. The van der Waals surface area contributed by atoms with E-state index in [9.17, 15) is 13.2 Å². The van der Waals surface area contributed by atoms with Crippen molar-refractivity contribution >= 4 is 23.5 Å². The first-order chi connectivity index (χ1) is 7.90. The normalized spacial score (nSPS) is 10.8. The van der Waals surface area contributed by atoms with Gasteiger partial charge in [-0.3, -0.25) is 4.79 Å². The average molecular weight is 249 g/mol. The largest absolute Gasteiger partial charge is 0.483 e. The number of anilines is 1. The summed E-state index contributed by atoms with van der Waals surface area (Å²) in [6, 6.07) is 0. The molecule has 17 heavy (non-hydrogen) atoms. The molecular weight excluding hydrogens is 243 g/mol. The predicted molar refractivity (Wildman–Crippen MR) is 49.8 cm³/mol. The zero-order valence-electron chi connectivity index (χ0n) is 8.06. The fraction of sp³-hybridized carbons (Fsp3) is 0.143. The van der Waals surface area contributed by atoms with Crippen LogP contribution in [-0.2, 0) is 11.0 Å². The van der Waals surface area contributed by atoms with Gasteiger partial charge in [-0.05, 0) is 0 Å². The second-order valence-corrected chi connectivity index (χ2v) is 2.64. The molecule has 2 aromatic rings. The zero-order chi connectivity index (χ0) is 13.1. The SMILES string of the molecule is Nc1nc(C(F)(F)F)nc2[nH]cnc12.O=CO. The molecule has 2 aromatic heterocycles. The van der Waals surface area contributed by atoms with Crippen LogP contribution >= 0.6 is 0 Å². The molecule has 0 unspecified atom stereocenters. The number of hydrogen-bond donors (Lipinski definition) is 3. The van der Waals surface area contributed by atoms with Gasteiger partial charge in [-0.2, -0.15) is 13.2 Å². The molecule has 92 valence electrons.